The van der Waals surface area contributed by atoms with Gasteiger partial charge in [-0.2, -0.15) is 0 Å². The lowest BCUT2D eigenvalue weighted by atomic mass is 10.1. The van der Waals surface area contributed by atoms with Gasteiger partial charge >= 0.3 is 0 Å². The lowest BCUT2D eigenvalue weighted by molar-refractivity contribution is 1.14. The van der Waals surface area contributed by atoms with Crippen LogP contribution in [0.25, 0.3) is 6.08 Å². The highest BCUT2D eigenvalue weighted by molar-refractivity contribution is 9.12. The SMILES string of the molecule is CCc1ccc(N=C/C(Br)=C\c2ccccc2)cc1. The van der Waals surface area contributed by atoms with E-state index in [9.17, 15) is 0 Å². The van der Waals surface area contributed by atoms with Crippen molar-refractivity contribution in [3.05, 3.63) is 70.2 Å². The summed E-state index contributed by atoms with van der Waals surface area (Å²) in [5.41, 5.74) is 3.45. The minimum atomic E-state index is 0.957. The second-order valence-corrected chi connectivity index (χ2v) is 5.13. The molecule has 0 aliphatic rings. The third-order valence-corrected chi connectivity index (χ3v) is 3.22. The fourth-order valence-corrected chi connectivity index (χ4v) is 2.07. The summed E-state index contributed by atoms with van der Waals surface area (Å²) < 4.78 is 0.957. The lowest BCUT2D eigenvalue weighted by Crippen LogP contribution is -1.78. The summed E-state index contributed by atoms with van der Waals surface area (Å²) >= 11 is 3.51. The van der Waals surface area contributed by atoms with E-state index in [1.54, 1.807) is 0 Å². The van der Waals surface area contributed by atoms with Gasteiger partial charge in [0.05, 0.1) is 5.69 Å². The molecule has 0 saturated carbocycles. The Balaban J connectivity index is 2.07. The van der Waals surface area contributed by atoms with E-state index in [1.807, 2.05) is 42.6 Å². The van der Waals surface area contributed by atoms with Crippen LogP contribution in [0.3, 0.4) is 0 Å². The van der Waals surface area contributed by atoms with Gasteiger partial charge in [-0.1, -0.05) is 49.4 Å². The van der Waals surface area contributed by atoms with E-state index in [2.05, 4.69) is 52.1 Å². The van der Waals surface area contributed by atoms with Gasteiger partial charge in [0.1, 0.15) is 0 Å². The number of allylic oxidation sites excluding steroid dienone is 1. The van der Waals surface area contributed by atoms with E-state index in [-0.39, 0.29) is 0 Å². The van der Waals surface area contributed by atoms with Crippen LogP contribution in [0.4, 0.5) is 5.69 Å². The molecule has 0 spiro atoms. The maximum absolute atomic E-state index is 4.44. The average molecular weight is 314 g/mol. The molecule has 0 N–H and O–H groups in total. The molecule has 0 unspecified atom stereocenters. The van der Waals surface area contributed by atoms with Crippen molar-refractivity contribution in [2.24, 2.45) is 4.99 Å². The lowest BCUT2D eigenvalue weighted by Gasteiger charge is -1.97. The summed E-state index contributed by atoms with van der Waals surface area (Å²) in [7, 11) is 0. The molecule has 2 aromatic rings. The summed E-state index contributed by atoms with van der Waals surface area (Å²) in [6.45, 7) is 2.15. The number of aliphatic imine (C=N–C) groups is 1. The largest absolute Gasteiger partial charge is 0.256 e. The monoisotopic (exact) mass is 313 g/mol. The predicted molar refractivity (Wildman–Crippen MR) is 87.3 cm³/mol. The molecule has 0 aliphatic heterocycles. The molecule has 1 nitrogen and oxygen atoms in total. The first kappa shape index (κ1) is 13.8. The number of hydrogen-bond donors (Lipinski definition) is 0. The van der Waals surface area contributed by atoms with Crippen LogP contribution < -0.4 is 0 Å². The van der Waals surface area contributed by atoms with E-state index in [1.165, 1.54) is 5.56 Å². The Hall–Kier alpha value is -1.67. The van der Waals surface area contributed by atoms with Gasteiger partial charge in [-0.15, -0.1) is 0 Å². The van der Waals surface area contributed by atoms with Gasteiger partial charge in [-0.25, -0.2) is 0 Å². The van der Waals surface area contributed by atoms with Crippen LogP contribution in [-0.4, -0.2) is 6.21 Å². The number of hydrogen-bond acceptors (Lipinski definition) is 1. The molecule has 0 fully saturated rings. The van der Waals surface area contributed by atoms with Crippen LogP contribution in [0.5, 0.6) is 0 Å². The molecule has 0 heterocycles. The Bertz CT molecular complexity index is 568. The molecule has 0 radical (unpaired) electrons. The Labute approximate surface area is 122 Å². The topological polar surface area (TPSA) is 12.4 Å². The molecule has 0 amide bonds. The van der Waals surface area contributed by atoms with Crippen LogP contribution in [0.15, 0.2) is 64.1 Å². The third-order valence-electron chi connectivity index (χ3n) is 2.79. The van der Waals surface area contributed by atoms with Crippen molar-refractivity contribution in [3.63, 3.8) is 0 Å². The van der Waals surface area contributed by atoms with Crippen molar-refractivity contribution < 1.29 is 0 Å². The van der Waals surface area contributed by atoms with Crippen LogP contribution in [0, 0.1) is 0 Å². The zero-order valence-corrected chi connectivity index (χ0v) is 12.5. The Morgan fingerprint density at radius 3 is 2.37 bits per heavy atom. The fraction of sp³-hybridized carbons (Fsp3) is 0.118. The summed E-state index contributed by atoms with van der Waals surface area (Å²) in [6, 6.07) is 18.5. The van der Waals surface area contributed by atoms with Crippen molar-refractivity contribution in [1.82, 2.24) is 0 Å². The Kier molecular flexibility index (Phi) is 5.10. The molecule has 0 atom stereocenters. The van der Waals surface area contributed by atoms with E-state index >= 15 is 0 Å². The van der Waals surface area contributed by atoms with Crippen molar-refractivity contribution in [2.75, 3.05) is 0 Å². The van der Waals surface area contributed by atoms with Gasteiger partial charge in [-0.05, 0) is 51.7 Å². The van der Waals surface area contributed by atoms with Crippen molar-refractivity contribution in [1.29, 1.82) is 0 Å². The number of aryl methyl sites for hydroxylation is 1. The maximum Gasteiger partial charge on any atom is 0.0630 e. The third kappa shape index (κ3) is 4.49. The van der Waals surface area contributed by atoms with Gasteiger partial charge < -0.3 is 0 Å². The second-order valence-electron chi connectivity index (χ2n) is 4.22. The average Bonchev–Trinajstić information content (AvgIpc) is 2.47. The van der Waals surface area contributed by atoms with E-state index in [0.29, 0.717) is 0 Å². The highest BCUT2D eigenvalue weighted by atomic mass is 79.9. The number of nitrogens with zero attached hydrogens (tertiary/aromatic N) is 1. The highest BCUT2D eigenvalue weighted by Gasteiger charge is 1.92. The molecular weight excluding hydrogens is 298 g/mol. The second kappa shape index (κ2) is 7.05. The predicted octanol–water partition coefficient (Wildman–Crippen LogP) is 5.39. The standard InChI is InChI=1S/C17H16BrN/c1-2-14-8-10-17(11-9-14)19-13-16(18)12-15-6-4-3-5-7-15/h3-13H,2H2,1H3/b16-12+,19-13?. The van der Waals surface area contributed by atoms with Crippen molar-refractivity contribution in [3.8, 4) is 0 Å². The Morgan fingerprint density at radius 1 is 1.05 bits per heavy atom. The van der Waals surface area contributed by atoms with E-state index < -0.39 is 0 Å². The molecule has 2 rings (SSSR count). The maximum atomic E-state index is 4.44. The van der Waals surface area contributed by atoms with Crippen molar-refractivity contribution in [2.45, 2.75) is 13.3 Å². The molecule has 0 saturated heterocycles. The van der Waals surface area contributed by atoms with Crippen LogP contribution in [0.1, 0.15) is 18.1 Å². The van der Waals surface area contributed by atoms with E-state index in [4.69, 9.17) is 0 Å². The van der Waals surface area contributed by atoms with Crippen LogP contribution >= 0.6 is 15.9 Å². The van der Waals surface area contributed by atoms with Gasteiger partial charge in [-0.3, -0.25) is 4.99 Å². The summed E-state index contributed by atoms with van der Waals surface area (Å²) in [4.78, 5) is 4.44. The van der Waals surface area contributed by atoms with Crippen molar-refractivity contribution >= 4 is 33.9 Å². The molecule has 0 bridgehead atoms. The molecule has 2 heteroatoms. The molecule has 19 heavy (non-hydrogen) atoms. The van der Waals surface area contributed by atoms with E-state index in [0.717, 1.165) is 22.2 Å². The Morgan fingerprint density at radius 2 is 1.74 bits per heavy atom. The first-order valence-corrected chi connectivity index (χ1v) is 7.12. The smallest absolute Gasteiger partial charge is 0.0630 e. The highest BCUT2D eigenvalue weighted by Crippen LogP contribution is 2.15. The zero-order chi connectivity index (χ0) is 13.5. The van der Waals surface area contributed by atoms with Gasteiger partial charge in [0.25, 0.3) is 0 Å². The normalized spacial score (nSPS) is 12.0. The summed E-state index contributed by atoms with van der Waals surface area (Å²) in [6.07, 6.45) is 4.93. The number of rotatable bonds is 4. The minimum Gasteiger partial charge on any atom is -0.256 e. The number of halogens is 1. The first-order valence-electron chi connectivity index (χ1n) is 6.33. The summed E-state index contributed by atoms with van der Waals surface area (Å²) in [5.74, 6) is 0. The fourth-order valence-electron chi connectivity index (χ4n) is 1.70. The molecular formula is C17H16BrN. The zero-order valence-electron chi connectivity index (χ0n) is 10.9. The van der Waals surface area contributed by atoms with Crippen LogP contribution in [0.2, 0.25) is 0 Å². The molecule has 0 aromatic heterocycles. The van der Waals surface area contributed by atoms with Gasteiger partial charge in [0, 0.05) is 10.7 Å². The van der Waals surface area contributed by atoms with Gasteiger partial charge in [0.15, 0.2) is 0 Å². The number of benzene rings is 2. The summed E-state index contributed by atoms with van der Waals surface area (Å²) in [5, 5.41) is 0. The minimum absolute atomic E-state index is 0.957. The van der Waals surface area contributed by atoms with Gasteiger partial charge in [0.2, 0.25) is 0 Å². The quantitative estimate of drug-likeness (QED) is 0.671. The molecule has 96 valence electrons. The van der Waals surface area contributed by atoms with Crippen LogP contribution in [-0.2, 0) is 6.42 Å². The molecule has 0 aliphatic carbocycles. The molecule has 2 aromatic carbocycles. The first-order chi connectivity index (χ1) is 9.28.